The van der Waals surface area contributed by atoms with Crippen molar-refractivity contribution in [1.29, 1.82) is 10.5 Å². The predicted octanol–water partition coefficient (Wildman–Crippen LogP) is 2.55. The summed E-state index contributed by atoms with van der Waals surface area (Å²) in [6.45, 7) is -0.208. The average molecular weight is 292 g/mol. The van der Waals surface area contributed by atoms with Gasteiger partial charge in [0.1, 0.15) is 12.4 Å². The van der Waals surface area contributed by atoms with Crippen LogP contribution in [0.4, 0.5) is 0 Å². The summed E-state index contributed by atoms with van der Waals surface area (Å²) >= 11 is 0. The van der Waals surface area contributed by atoms with E-state index in [0.29, 0.717) is 22.4 Å². The molecule has 5 nitrogen and oxygen atoms in total. The van der Waals surface area contributed by atoms with E-state index in [1.807, 2.05) is 12.1 Å². The number of carbonyl (C=O) groups excluding carboxylic acids is 1. The van der Waals surface area contributed by atoms with Gasteiger partial charge in [-0.3, -0.25) is 0 Å². The van der Waals surface area contributed by atoms with Gasteiger partial charge >= 0.3 is 5.97 Å². The van der Waals surface area contributed by atoms with Gasteiger partial charge in [-0.15, -0.1) is 0 Å². The second-order valence-corrected chi connectivity index (χ2v) is 4.35. The van der Waals surface area contributed by atoms with E-state index in [-0.39, 0.29) is 13.2 Å². The Morgan fingerprint density at radius 1 is 1.00 bits per heavy atom. The molecular formula is C17H12N2O3. The number of hydrogen-bond acceptors (Lipinski definition) is 5. The molecule has 0 N–H and O–H groups in total. The zero-order valence-electron chi connectivity index (χ0n) is 11.7. The first kappa shape index (κ1) is 15.1. The maximum Gasteiger partial charge on any atom is 0.344 e. The van der Waals surface area contributed by atoms with Crippen molar-refractivity contribution in [2.45, 2.75) is 6.61 Å². The van der Waals surface area contributed by atoms with E-state index in [9.17, 15) is 4.79 Å². The van der Waals surface area contributed by atoms with Crippen LogP contribution in [0.1, 0.15) is 16.7 Å². The number of rotatable bonds is 5. The molecule has 0 aliphatic rings. The summed E-state index contributed by atoms with van der Waals surface area (Å²) in [5.74, 6) is -0.0505. The van der Waals surface area contributed by atoms with Gasteiger partial charge in [0.25, 0.3) is 0 Å². The Balaban J connectivity index is 1.83. The van der Waals surface area contributed by atoms with Crippen LogP contribution in [0.25, 0.3) is 0 Å². The van der Waals surface area contributed by atoms with Crippen LogP contribution in [-0.4, -0.2) is 12.6 Å². The van der Waals surface area contributed by atoms with E-state index >= 15 is 0 Å². The molecule has 22 heavy (non-hydrogen) atoms. The Morgan fingerprint density at radius 3 is 2.41 bits per heavy atom. The molecule has 2 rings (SSSR count). The molecule has 0 heterocycles. The lowest BCUT2D eigenvalue weighted by Crippen LogP contribution is -2.15. The number of hydrogen-bond donors (Lipinski definition) is 0. The number of nitriles is 2. The van der Waals surface area contributed by atoms with Crippen LogP contribution in [-0.2, 0) is 16.1 Å². The van der Waals surface area contributed by atoms with Crippen LogP contribution in [0.3, 0.4) is 0 Å². The third kappa shape index (κ3) is 4.09. The van der Waals surface area contributed by atoms with Crippen molar-refractivity contribution in [3.05, 3.63) is 65.2 Å². The molecular weight excluding hydrogens is 280 g/mol. The molecule has 0 aliphatic heterocycles. The fraction of sp³-hybridized carbons (Fsp3) is 0.118. The zero-order valence-corrected chi connectivity index (χ0v) is 11.7. The fourth-order valence-corrected chi connectivity index (χ4v) is 1.72. The molecule has 0 fully saturated rings. The van der Waals surface area contributed by atoms with Crippen molar-refractivity contribution in [3.63, 3.8) is 0 Å². The monoisotopic (exact) mass is 292 g/mol. The molecule has 0 spiro atoms. The maximum absolute atomic E-state index is 11.6. The van der Waals surface area contributed by atoms with Crippen molar-refractivity contribution in [3.8, 4) is 17.9 Å². The first-order valence-corrected chi connectivity index (χ1v) is 6.49. The summed E-state index contributed by atoms with van der Waals surface area (Å²) in [7, 11) is 0. The van der Waals surface area contributed by atoms with E-state index in [4.69, 9.17) is 20.0 Å². The lowest BCUT2D eigenvalue weighted by Gasteiger charge is -2.08. The van der Waals surface area contributed by atoms with Crippen LogP contribution >= 0.6 is 0 Å². The summed E-state index contributed by atoms with van der Waals surface area (Å²) in [4.78, 5) is 11.6. The SMILES string of the molecule is N#Cc1ccc(OCC(=O)OCc2ccccc2C#N)cc1. The third-order valence-corrected chi connectivity index (χ3v) is 2.87. The highest BCUT2D eigenvalue weighted by molar-refractivity contribution is 5.71. The van der Waals surface area contributed by atoms with Crippen molar-refractivity contribution in [2.75, 3.05) is 6.61 Å². The number of ether oxygens (including phenoxy) is 2. The normalized spacial score (nSPS) is 9.36. The highest BCUT2D eigenvalue weighted by Gasteiger charge is 2.07. The number of esters is 1. The molecule has 0 atom stereocenters. The van der Waals surface area contributed by atoms with Crippen molar-refractivity contribution in [1.82, 2.24) is 0 Å². The lowest BCUT2D eigenvalue weighted by atomic mass is 10.1. The fourth-order valence-electron chi connectivity index (χ4n) is 1.72. The average Bonchev–Trinajstić information content (AvgIpc) is 2.58. The van der Waals surface area contributed by atoms with Gasteiger partial charge in [-0.1, -0.05) is 18.2 Å². The lowest BCUT2D eigenvalue weighted by molar-refractivity contribution is -0.147. The number of carbonyl (C=O) groups is 1. The van der Waals surface area contributed by atoms with E-state index in [1.54, 1.807) is 48.5 Å². The summed E-state index contributed by atoms with van der Waals surface area (Å²) in [5, 5.41) is 17.6. The highest BCUT2D eigenvalue weighted by atomic mass is 16.6. The molecule has 0 radical (unpaired) electrons. The standard InChI is InChI=1S/C17H12N2O3/c18-9-13-5-7-16(8-6-13)21-12-17(20)22-11-15-4-2-1-3-14(15)10-19/h1-8H,11-12H2. The van der Waals surface area contributed by atoms with Crippen LogP contribution in [0, 0.1) is 22.7 Å². The molecule has 0 bridgehead atoms. The highest BCUT2D eigenvalue weighted by Crippen LogP contribution is 2.12. The summed E-state index contributed by atoms with van der Waals surface area (Å²) < 4.78 is 10.3. The Hall–Kier alpha value is -3.31. The summed E-state index contributed by atoms with van der Waals surface area (Å²) in [5.41, 5.74) is 1.64. The van der Waals surface area contributed by atoms with Crippen LogP contribution in [0.5, 0.6) is 5.75 Å². The molecule has 0 aliphatic carbocycles. The predicted molar refractivity (Wildman–Crippen MR) is 77.6 cm³/mol. The van der Waals surface area contributed by atoms with E-state index in [1.165, 1.54) is 0 Å². The van der Waals surface area contributed by atoms with Gasteiger partial charge in [0, 0.05) is 5.56 Å². The third-order valence-electron chi connectivity index (χ3n) is 2.87. The van der Waals surface area contributed by atoms with Gasteiger partial charge in [-0.25, -0.2) is 4.79 Å². The molecule has 0 saturated carbocycles. The van der Waals surface area contributed by atoms with Gasteiger partial charge in [0.15, 0.2) is 6.61 Å². The molecule has 0 aromatic heterocycles. The van der Waals surface area contributed by atoms with Crippen molar-refractivity contribution in [2.24, 2.45) is 0 Å². The molecule has 0 amide bonds. The van der Waals surface area contributed by atoms with Crippen molar-refractivity contribution >= 4 is 5.97 Å². The molecule has 108 valence electrons. The molecule has 0 unspecified atom stereocenters. The second-order valence-electron chi connectivity index (χ2n) is 4.35. The maximum atomic E-state index is 11.6. The van der Waals surface area contributed by atoms with E-state index < -0.39 is 5.97 Å². The Bertz CT molecular complexity index is 740. The second kappa shape index (κ2) is 7.47. The summed E-state index contributed by atoms with van der Waals surface area (Å²) in [6, 6.07) is 17.4. The minimum Gasteiger partial charge on any atom is -0.482 e. The van der Waals surface area contributed by atoms with Crippen LogP contribution in [0.15, 0.2) is 48.5 Å². The van der Waals surface area contributed by atoms with Gasteiger partial charge in [-0.05, 0) is 30.3 Å². The zero-order chi connectivity index (χ0) is 15.8. The largest absolute Gasteiger partial charge is 0.482 e. The molecule has 2 aromatic rings. The first-order chi connectivity index (χ1) is 10.7. The molecule has 5 heteroatoms. The van der Waals surface area contributed by atoms with Gasteiger partial charge in [0.2, 0.25) is 0 Å². The molecule has 2 aromatic carbocycles. The van der Waals surface area contributed by atoms with Gasteiger partial charge in [0.05, 0.1) is 23.3 Å². The van der Waals surface area contributed by atoms with Gasteiger partial charge < -0.3 is 9.47 Å². The minimum absolute atomic E-state index is 0.0271. The van der Waals surface area contributed by atoms with Crippen LogP contribution in [0.2, 0.25) is 0 Å². The quantitative estimate of drug-likeness (QED) is 0.791. The number of nitrogens with zero attached hydrogens (tertiary/aromatic N) is 2. The van der Waals surface area contributed by atoms with E-state index in [0.717, 1.165) is 0 Å². The molecule has 0 saturated heterocycles. The topological polar surface area (TPSA) is 83.1 Å². The summed E-state index contributed by atoms with van der Waals surface area (Å²) in [6.07, 6.45) is 0. The Labute approximate surface area is 127 Å². The van der Waals surface area contributed by atoms with Crippen molar-refractivity contribution < 1.29 is 14.3 Å². The van der Waals surface area contributed by atoms with E-state index in [2.05, 4.69) is 0 Å². The smallest absolute Gasteiger partial charge is 0.344 e. The Kier molecular flexibility index (Phi) is 5.12. The Morgan fingerprint density at radius 2 is 1.73 bits per heavy atom. The minimum atomic E-state index is -0.530. The number of benzene rings is 2. The van der Waals surface area contributed by atoms with Crippen LogP contribution < -0.4 is 4.74 Å². The van der Waals surface area contributed by atoms with Gasteiger partial charge in [-0.2, -0.15) is 10.5 Å². The first-order valence-electron chi connectivity index (χ1n) is 6.49.